The summed E-state index contributed by atoms with van der Waals surface area (Å²) in [4.78, 5) is 14.8. The van der Waals surface area contributed by atoms with Crippen molar-refractivity contribution >= 4 is 40.8 Å². The van der Waals surface area contributed by atoms with Gasteiger partial charge < -0.3 is 10.6 Å². The number of hydrogen-bond donors (Lipinski definition) is 3. The molecule has 3 N–H and O–H groups in total. The number of anilines is 1. The fourth-order valence-electron chi connectivity index (χ4n) is 1.30. The van der Waals surface area contributed by atoms with Crippen LogP contribution in [0.1, 0.15) is 6.92 Å². The predicted octanol–water partition coefficient (Wildman–Crippen LogP) is 1.97. The number of hydrogen-bond acceptors (Lipinski definition) is 3. The lowest BCUT2D eigenvalue weighted by molar-refractivity contribution is -0.118. The molecule has 0 aliphatic heterocycles. The normalized spacial score (nSPS) is 10.6. The second-order valence-corrected chi connectivity index (χ2v) is 4.49. The van der Waals surface area contributed by atoms with E-state index < -0.39 is 0 Å². The number of aliphatic imine (C=N–C) groups is 1. The minimum atomic E-state index is -0.142. The van der Waals surface area contributed by atoms with Crippen LogP contribution in [0.2, 0.25) is 10.0 Å². The molecular weight excluding hydrogens is 301 g/mol. The first-order chi connectivity index (χ1) is 9.54. The molecule has 0 heterocycles. The van der Waals surface area contributed by atoms with E-state index in [9.17, 15) is 4.79 Å². The molecule has 0 bridgehead atoms. The number of guanidine groups is 1. The van der Waals surface area contributed by atoms with E-state index in [4.69, 9.17) is 28.5 Å². The van der Waals surface area contributed by atoms with Crippen LogP contribution in [0.15, 0.2) is 23.2 Å². The topological polar surface area (TPSA) is 89.3 Å². The van der Waals surface area contributed by atoms with Crippen molar-refractivity contribution in [1.29, 1.82) is 5.26 Å². The molecule has 0 aliphatic carbocycles. The standard InChI is InChI=1S/C12H13Cl2N5O/c1-8(20)16-5-6-17-12(18-7-15)19-11-9(13)3-2-4-10(11)14/h2-4H,5-6H2,1H3,(H,16,20)(H2,17,18,19). The molecular formula is C12H13Cl2N5O. The molecule has 20 heavy (non-hydrogen) atoms. The van der Waals surface area contributed by atoms with Crippen LogP contribution in [-0.2, 0) is 4.79 Å². The Bertz CT molecular complexity index is 533. The minimum Gasteiger partial charge on any atom is -0.354 e. The molecule has 0 aliphatic rings. The summed E-state index contributed by atoms with van der Waals surface area (Å²) in [6.07, 6.45) is 1.76. The number of para-hydroxylation sites is 1. The maximum Gasteiger partial charge on any atom is 0.216 e. The maximum atomic E-state index is 10.7. The van der Waals surface area contributed by atoms with Gasteiger partial charge in [-0.25, -0.2) is 0 Å². The average Bonchev–Trinajstić information content (AvgIpc) is 2.38. The number of rotatable bonds is 4. The van der Waals surface area contributed by atoms with Crippen molar-refractivity contribution in [3.63, 3.8) is 0 Å². The van der Waals surface area contributed by atoms with Gasteiger partial charge in [-0.1, -0.05) is 29.3 Å². The molecule has 6 nitrogen and oxygen atoms in total. The molecule has 0 radical (unpaired) electrons. The van der Waals surface area contributed by atoms with Crippen molar-refractivity contribution in [3.8, 4) is 6.19 Å². The summed E-state index contributed by atoms with van der Waals surface area (Å²) >= 11 is 12.0. The van der Waals surface area contributed by atoms with Crippen LogP contribution >= 0.6 is 23.2 Å². The number of nitriles is 1. The lowest BCUT2D eigenvalue weighted by Crippen LogP contribution is -2.29. The highest BCUT2D eigenvalue weighted by Gasteiger charge is 2.07. The highest BCUT2D eigenvalue weighted by atomic mass is 35.5. The second kappa shape index (κ2) is 8.25. The average molecular weight is 314 g/mol. The van der Waals surface area contributed by atoms with Crippen LogP contribution < -0.4 is 16.0 Å². The third kappa shape index (κ3) is 5.34. The summed E-state index contributed by atoms with van der Waals surface area (Å²) in [5.74, 6) is 0.0601. The van der Waals surface area contributed by atoms with Gasteiger partial charge in [0.2, 0.25) is 11.9 Å². The molecule has 106 valence electrons. The van der Waals surface area contributed by atoms with Crippen LogP contribution in [0.5, 0.6) is 0 Å². The zero-order valence-corrected chi connectivity index (χ0v) is 12.2. The van der Waals surface area contributed by atoms with E-state index in [1.54, 1.807) is 24.4 Å². The van der Waals surface area contributed by atoms with E-state index >= 15 is 0 Å². The van der Waals surface area contributed by atoms with Gasteiger partial charge in [0.25, 0.3) is 0 Å². The van der Waals surface area contributed by atoms with Gasteiger partial charge in [-0.3, -0.25) is 15.1 Å². The lowest BCUT2D eigenvalue weighted by atomic mass is 10.3. The molecule has 8 heteroatoms. The molecule has 0 fully saturated rings. The first-order valence-electron chi connectivity index (χ1n) is 5.69. The lowest BCUT2D eigenvalue weighted by Gasteiger charge is -2.11. The molecule has 0 unspecified atom stereocenters. The number of carbonyl (C=O) groups excluding carboxylic acids is 1. The van der Waals surface area contributed by atoms with Crippen molar-refractivity contribution in [2.75, 3.05) is 18.4 Å². The van der Waals surface area contributed by atoms with Crippen molar-refractivity contribution in [3.05, 3.63) is 28.2 Å². The van der Waals surface area contributed by atoms with E-state index in [0.29, 0.717) is 28.8 Å². The Labute approximate surface area is 126 Å². The van der Waals surface area contributed by atoms with Crippen LogP contribution in [-0.4, -0.2) is 25.0 Å². The summed E-state index contributed by atoms with van der Waals surface area (Å²) in [5.41, 5.74) is 0.455. The monoisotopic (exact) mass is 313 g/mol. The smallest absolute Gasteiger partial charge is 0.216 e. The van der Waals surface area contributed by atoms with Crippen molar-refractivity contribution in [2.24, 2.45) is 4.99 Å². The molecule has 0 aromatic heterocycles. The second-order valence-electron chi connectivity index (χ2n) is 3.67. The fourth-order valence-corrected chi connectivity index (χ4v) is 1.79. The van der Waals surface area contributed by atoms with Gasteiger partial charge in [-0.05, 0) is 12.1 Å². The third-order valence-corrected chi connectivity index (χ3v) is 2.77. The molecule has 0 atom stereocenters. The molecule has 0 saturated carbocycles. The Morgan fingerprint density at radius 1 is 1.40 bits per heavy atom. The first kappa shape index (κ1) is 16.1. The molecule has 0 saturated heterocycles. The first-order valence-corrected chi connectivity index (χ1v) is 6.45. The molecule has 1 amide bonds. The van der Waals surface area contributed by atoms with Gasteiger partial charge in [0.1, 0.15) is 0 Å². The highest BCUT2D eigenvalue weighted by Crippen LogP contribution is 2.29. The van der Waals surface area contributed by atoms with Crippen molar-refractivity contribution < 1.29 is 4.79 Å². The van der Waals surface area contributed by atoms with Crippen LogP contribution in [0.3, 0.4) is 0 Å². The van der Waals surface area contributed by atoms with Crippen LogP contribution in [0.25, 0.3) is 0 Å². The third-order valence-electron chi connectivity index (χ3n) is 2.14. The quantitative estimate of drug-likeness (QED) is 0.261. The van der Waals surface area contributed by atoms with Gasteiger partial charge >= 0.3 is 0 Å². The van der Waals surface area contributed by atoms with Crippen LogP contribution in [0, 0.1) is 11.5 Å². The Balaban J connectivity index is 2.74. The van der Waals surface area contributed by atoms with Gasteiger partial charge in [-0.2, -0.15) is 5.26 Å². The number of carbonyl (C=O) groups is 1. The number of amides is 1. The number of halogens is 2. The fraction of sp³-hybridized carbons (Fsp3) is 0.250. The van der Waals surface area contributed by atoms with E-state index in [2.05, 4.69) is 20.9 Å². The van der Waals surface area contributed by atoms with Gasteiger partial charge in [0, 0.05) is 13.5 Å². The van der Waals surface area contributed by atoms with Crippen molar-refractivity contribution in [2.45, 2.75) is 6.92 Å². The summed E-state index contributed by atoms with van der Waals surface area (Å²) in [6, 6.07) is 5.04. The van der Waals surface area contributed by atoms with Crippen LogP contribution in [0.4, 0.5) is 5.69 Å². The minimum absolute atomic E-state index is 0.142. The Hall–Kier alpha value is -1.97. The Morgan fingerprint density at radius 2 is 2.05 bits per heavy atom. The highest BCUT2D eigenvalue weighted by molar-refractivity contribution is 6.39. The Morgan fingerprint density at radius 3 is 2.60 bits per heavy atom. The zero-order chi connectivity index (χ0) is 15.0. The molecule has 0 spiro atoms. The molecule has 1 rings (SSSR count). The predicted molar refractivity (Wildman–Crippen MR) is 79.8 cm³/mol. The van der Waals surface area contributed by atoms with Crippen molar-refractivity contribution in [1.82, 2.24) is 10.6 Å². The van der Waals surface area contributed by atoms with E-state index in [0.717, 1.165) is 0 Å². The van der Waals surface area contributed by atoms with E-state index in [1.807, 2.05) is 0 Å². The van der Waals surface area contributed by atoms with E-state index in [1.165, 1.54) is 6.92 Å². The summed E-state index contributed by atoms with van der Waals surface area (Å²) in [7, 11) is 0. The Kier molecular flexibility index (Phi) is 6.64. The number of nitrogens with one attached hydrogen (secondary N) is 3. The van der Waals surface area contributed by atoms with Gasteiger partial charge in [0.15, 0.2) is 6.19 Å². The van der Waals surface area contributed by atoms with Gasteiger partial charge in [-0.15, -0.1) is 0 Å². The summed E-state index contributed by atoms with van der Waals surface area (Å²) in [6.45, 7) is 2.09. The summed E-state index contributed by atoms with van der Waals surface area (Å²) < 4.78 is 0. The number of benzene rings is 1. The maximum absolute atomic E-state index is 10.7. The molecule has 1 aromatic rings. The van der Waals surface area contributed by atoms with E-state index in [-0.39, 0.29) is 11.9 Å². The number of nitrogens with zero attached hydrogens (tertiary/aromatic N) is 2. The molecule has 1 aromatic carbocycles. The SMILES string of the molecule is CC(=O)NCCN=C(NC#N)Nc1c(Cl)cccc1Cl. The largest absolute Gasteiger partial charge is 0.354 e. The summed E-state index contributed by atoms with van der Waals surface area (Å²) in [5, 5.41) is 17.3. The van der Waals surface area contributed by atoms with Gasteiger partial charge in [0.05, 0.1) is 22.3 Å². The zero-order valence-electron chi connectivity index (χ0n) is 10.7.